The lowest BCUT2D eigenvalue weighted by atomic mass is 10.0. The van der Waals surface area contributed by atoms with E-state index in [-0.39, 0.29) is 23.6 Å². The lowest BCUT2D eigenvalue weighted by Gasteiger charge is -2.31. The Hall–Kier alpha value is -2.74. The number of amides is 2. The van der Waals surface area contributed by atoms with E-state index in [0.717, 1.165) is 18.4 Å². The minimum absolute atomic E-state index is 0.0573. The standard InChI is InChI=1S/C19H19N3O4S/c23-17(12-27-19-21-14-4-1-2-5-15(14)26-19)20-13-7-9-22(10-8-13)18(24)16-6-3-11-25-16/h1-6,11,13H,7-10,12H2,(H,20,23). The van der Waals surface area contributed by atoms with Crippen LogP contribution in [0.5, 0.6) is 0 Å². The first-order valence-electron chi connectivity index (χ1n) is 8.79. The van der Waals surface area contributed by atoms with E-state index in [1.165, 1.54) is 18.0 Å². The van der Waals surface area contributed by atoms with E-state index in [9.17, 15) is 9.59 Å². The number of nitrogens with zero attached hydrogens (tertiary/aromatic N) is 2. The van der Waals surface area contributed by atoms with Gasteiger partial charge < -0.3 is 19.1 Å². The second kappa shape index (κ2) is 7.87. The molecule has 1 fully saturated rings. The zero-order chi connectivity index (χ0) is 18.6. The molecule has 0 saturated carbocycles. The van der Waals surface area contributed by atoms with Gasteiger partial charge in [0.25, 0.3) is 11.1 Å². The lowest BCUT2D eigenvalue weighted by molar-refractivity contribution is -0.119. The number of hydrogen-bond donors (Lipinski definition) is 1. The first-order chi connectivity index (χ1) is 13.2. The van der Waals surface area contributed by atoms with Crippen LogP contribution in [0.2, 0.25) is 0 Å². The number of carbonyl (C=O) groups excluding carboxylic acids is 2. The number of fused-ring (bicyclic) bond motifs is 1. The van der Waals surface area contributed by atoms with Crippen molar-refractivity contribution in [3.63, 3.8) is 0 Å². The SMILES string of the molecule is O=C(CSc1nc2ccccc2o1)NC1CCN(C(=O)c2ccco2)CC1. The summed E-state index contributed by atoms with van der Waals surface area (Å²) in [5, 5.41) is 3.52. The maximum Gasteiger partial charge on any atom is 0.289 e. The van der Waals surface area contributed by atoms with Gasteiger partial charge >= 0.3 is 0 Å². The van der Waals surface area contributed by atoms with Gasteiger partial charge in [-0.1, -0.05) is 23.9 Å². The summed E-state index contributed by atoms with van der Waals surface area (Å²) in [5.41, 5.74) is 1.50. The molecule has 1 N–H and O–H groups in total. The fraction of sp³-hybridized carbons (Fsp3) is 0.316. The number of furan rings is 1. The van der Waals surface area contributed by atoms with E-state index in [2.05, 4.69) is 10.3 Å². The van der Waals surface area contributed by atoms with Crippen LogP contribution in [0.15, 0.2) is 56.7 Å². The Kier molecular flexibility index (Phi) is 5.15. The molecule has 3 aromatic rings. The van der Waals surface area contributed by atoms with Gasteiger partial charge in [-0.2, -0.15) is 0 Å². The summed E-state index contributed by atoms with van der Waals surface area (Å²) in [7, 11) is 0. The number of nitrogens with one attached hydrogen (secondary N) is 1. The van der Waals surface area contributed by atoms with Gasteiger partial charge in [0.2, 0.25) is 5.91 Å². The van der Waals surface area contributed by atoms with Crippen molar-refractivity contribution in [2.24, 2.45) is 0 Å². The molecule has 3 heterocycles. The zero-order valence-electron chi connectivity index (χ0n) is 14.6. The smallest absolute Gasteiger partial charge is 0.289 e. The fourth-order valence-corrected chi connectivity index (χ4v) is 3.74. The molecule has 7 nitrogen and oxygen atoms in total. The van der Waals surface area contributed by atoms with Crippen LogP contribution in [0.25, 0.3) is 11.1 Å². The molecule has 0 unspecified atom stereocenters. The van der Waals surface area contributed by atoms with Crippen molar-refractivity contribution in [2.75, 3.05) is 18.8 Å². The monoisotopic (exact) mass is 385 g/mol. The summed E-state index contributed by atoms with van der Waals surface area (Å²) >= 11 is 1.28. The van der Waals surface area contributed by atoms with Gasteiger partial charge in [0.15, 0.2) is 11.3 Å². The third kappa shape index (κ3) is 4.16. The number of benzene rings is 1. The number of likely N-dealkylation sites (tertiary alicyclic amines) is 1. The molecule has 0 bridgehead atoms. The van der Waals surface area contributed by atoms with Crippen LogP contribution in [0.4, 0.5) is 0 Å². The molecular formula is C19H19N3O4S. The second-order valence-corrected chi connectivity index (χ2v) is 7.27. The third-order valence-electron chi connectivity index (χ3n) is 4.48. The van der Waals surface area contributed by atoms with Gasteiger partial charge in [0, 0.05) is 19.1 Å². The highest BCUT2D eigenvalue weighted by Gasteiger charge is 2.25. The molecule has 140 valence electrons. The fourth-order valence-electron chi connectivity index (χ4n) is 3.09. The number of rotatable bonds is 5. The molecule has 0 radical (unpaired) electrons. The summed E-state index contributed by atoms with van der Waals surface area (Å²) in [4.78, 5) is 30.6. The largest absolute Gasteiger partial charge is 0.459 e. The van der Waals surface area contributed by atoms with Crippen molar-refractivity contribution in [1.82, 2.24) is 15.2 Å². The number of carbonyl (C=O) groups is 2. The Balaban J connectivity index is 1.23. The van der Waals surface area contributed by atoms with Crippen molar-refractivity contribution < 1.29 is 18.4 Å². The lowest BCUT2D eigenvalue weighted by Crippen LogP contribution is -2.46. The third-order valence-corrected chi connectivity index (χ3v) is 5.31. The van der Waals surface area contributed by atoms with Crippen LogP contribution < -0.4 is 5.32 Å². The number of para-hydroxylation sites is 2. The van der Waals surface area contributed by atoms with Crippen molar-refractivity contribution in [2.45, 2.75) is 24.1 Å². The first kappa shape index (κ1) is 17.7. The Morgan fingerprint density at radius 3 is 2.74 bits per heavy atom. The molecule has 2 amide bonds. The summed E-state index contributed by atoms with van der Waals surface area (Å²) < 4.78 is 10.8. The highest BCUT2D eigenvalue weighted by molar-refractivity contribution is 7.99. The van der Waals surface area contributed by atoms with Crippen molar-refractivity contribution in [3.8, 4) is 0 Å². The molecule has 2 aromatic heterocycles. The molecule has 1 aliphatic rings. The predicted molar refractivity (Wildman–Crippen MR) is 101 cm³/mol. The van der Waals surface area contributed by atoms with E-state index >= 15 is 0 Å². The minimum Gasteiger partial charge on any atom is -0.459 e. The number of aromatic nitrogens is 1. The topological polar surface area (TPSA) is 88.6 Å². The molecular weight excluding hydrogens is 366 g/mol. The number of oxazole rings is 1. The average molecular weight is 385 g/mol. The highest BCUT2D eigenvalue weighted by atomic mass is 32.2. The summed E-state index contributed by atoms with van der Waals surface area (Å²) in [5.74, 6) is 0.444. The van der Waals surface area contributed by atoms with E-state index in [1.807, 2.05) is 24.3 Å². The number of hydrogen-bond acceptors (Lipinski definition) is 6. The van der Waals surface area contributed by atoms with Crippen LogP contribution in [-0.2, 0) is 4.79 Å². The van der Waals surface area contributed by atoms with E-state index in [0.29, 0.717) is 29.7 Å². The Bertz CT molecular complexity index is 896. The second-order valence-electron chi connectivity index (χ2n) is 6.35. The highest BCUT2D eigenvalue weighted by Crippen LogP contribution is 2.23. The van der Waals surface area contributed by atoms with Crippen LogP contribution in [0.3, 0.4) is 0 Å². The van der Waals surface area contributed by atoms with Gasteiger partial charge in [-0.05, 0) is 37.1 Å². The number of thioether (sulfide) groups is 1. The first-order valence-corrected chi connectivity index (χ1v) is 9.78. The molecule has 4 rings (SSSR count). The van der Waals surface area contributed by atoms with Crippen molar-refractivity contribution in [1.29, 1.82) is 0 Å². The molecule has 0 atom stereocenters. The van der Waals surface area contributed by atoms with Crippen LogP contribution in [0.1, 0.15) is 23.4 Å². The van der Waals surface area contributed by atoms with Crippen LogP contribution in [-0.4, -0.2) is 46.6 Å². The minimum atomic E-state index is -0.101. The quantitative estimate of drug-likeness (QED) is 0.680. The van der Waals surface area contributed by atoms with Crippen molar-refractivity contribution >= 4 is 34.7 Å². The normalized spacial score (nSPS) is 15.2. The summed E-state index contributed by atoms with van der Waals surface area (Å²) in [6.45, 7) is 1.20. The molecule has 8 heteroatoms. The van der Waals surface area contributed by atoms with Crippen LogP contribution >= 0.6 is 11.8 Å². The van der Waals surface area contributed by atoms with Gasteiger partial charge in [-0.25, -0.2) is 4.98 Å². The van der Waals surface area contributed by atoms with Gasteiger partial charge in [-0.3, -0.25) is 9.59 Å². The zero-order valence-corrected chi connectivity index (χ0v) is 15.4. The van der Waals surface area contributed by atoms with Crippen molar-refractivity contribution in [3.05, 3.63) is 48.4 Å². The molecule has 0 spiro atoms. The Morgan fingerprint density at radius 1 is 1.19 bits per heavy atom. The Labute approximate surface area is 160 Å². The molecule has 0 aliphatic carbocycles. The van der Waals surface area contributed by atoms with Gasteiger partial charge in [0.1, 0.15) is 5.52 Å². The summed E-state index contributed by atoms with van der Waals surface area (Å²) in [6, 6.07) is 11.0. The van der Waals surface area contributed by atoms with Crippen LogP contribution in [0, 0.1) is 0 Å². The van der Waals surface area contributed by atoms with E-state index in [1.54, 1.807) is 17.0 Å². The van der Waals surface area contributed by atoms with E-state index < -0.39 is 0 Å². The average Bonchev–Trinajstić information content (AvgIpc) is 3.36. The maximum absolute atomic E-state index is 12.2. The molecule has 1 saturated heterocycles. The predicted octanol–water partition coefficient (Wildman–Crippen LogP) is 2.93. The molecule has 1 aliphatic heterocycles. The van der Waals surface area contributed by atoms with Gasteiger partial charge in [-0.15, -0.1) is 0 Å². The molecule has 27 heavy (non-hydrogen) atoms. The summed E-state index contributed by atoms with van der Waals surface area (Å²) in [6.07, 6.45) is 2.95. The molecule has 1 aromatic carbocycles. The Morgan fingerprint density at radius 2 is 2.00 bits per heavy atom. The van der Waals surface area contributed by atoms with E-state index in [4.69, 9.17) is 8.83 Å². The van der Waals surface area contributed by atoms with Gasteiger partial charge in [0.05, 0.1) is 12.0 Å². The number of piperidine rings is 1. The maximum atomic E-state index is 12.2.